The number of aromatic nitrogens is 2. The van der Waals surface area contributed by atoms with Gasteiger partial charge in [-0.25, -0.2) is 5.10 Å². The van der Waals surface area contributed by atoms with Crippen molar-refractivity contribution in [3.05, 3.63) is 27.2 Å². The molecule has 0 radical (unpaired) electrons. The lowest BCUT2D eigenvalue weighted by Gasteiger charge is -2.20. The number of H-pyrrole nitrogens is 1. The topological polar surface area (TPSA) is 112 Å². The molecule has 1 heterocycles. The number of aliphatic carboxylic acids is 1. The van der Waals surface area contributed by atoms with Crippen LogP contribution in [0.3, 0.4) is 0 Å². The highest BCUT2D eigenvalue weighted by atomic mass is 16.4. The van der Waals surface area contributed by atoms with Gasteiger partial charge in [-0.2, -0.15) is 5.10 Å². The monoisotopic (exact) mass is 281 g/mol. The molecule has 0 saturated carbocycles. The fraction of sp³-hybridized carbons (Fsp3) is 0.538. The molecule has 0 aliphatic heterocycles. The normalized spacial score (nSPS) is 12.2. The Labute approximate surface area is 116 Å². The highest BCUT2D eigenvalue weighted by Crippen LogP contribution is 2.09. The molecule has 7 heteroatoms. The number of carboxylic acid groups (broad SMARTS) is 1. The summed E-state index contributed by atoms with van der Waals surface area (Å²) < 4.78 is 0. The zero-order valence-electron chi connectivity index (χ0n) is 12.0. The van der Waals surface area contributed by atoms with Crippen molar-refractivity contribution in [3.63, 3.8) is 0 Å². The first-order valence-corrected chi connectivity index (χ1v) is 6.32. The zero-order chi connectivity index (χ0) is 15.4. The molecular weight excluding hydrogens is 262 g/mol. The quantitative estimate of drug-likeness (QED) is 0.732. The lowest BCUT2D eigenvalue weighted by atomic mass is 10.00. The third-order valence-electron chi connectivity index (χ3n) is 3.21. The molecule has 1 unspecified atom stereocenters. The number of carboxylic acids is 1. The van der Waals surface area contributed by atoms with Crippen LogP contribution in [0, 0.1) is 19.8 Å². The van der Waals surface area contributed by atoms with Crippen molar-refractivity contribution >= 4 is 11.9 Å². The lowest BCUT2D eigenvalue weighted by Crippen LogP contribution is -2.42. The third kappa shape index (κ3) is 3.66. The van der Waals surface area contributed by atoms with Gasteiger partial charge >= 0.3 is 5.97 Å². The summed E-state index contributed by atoms with van der Waals surface area (Å²) in [5.74, 6) is -1.63. The van der Waals surface area contributed by atoms with Crippen molar-refractivity contribution in [2.45, 2.75) is 40.2 Å². The van der Waals surface area contributed by atoms with Crippen LogP contribution in [0.2, 0.25) is 0 Å². The molecule has 7 nitrogen and oxygen atoms in total. The van der Waals surface area contributed by atoms with Crippen molar-refractivity contribution in [1.29, 1.82) is 0 Å². The van der Waals surface area contributed by atoms with Gasteiger partial charge in [-0.05, 0) is 25.3 Å². The molecule has 0 fully saturated rings. The number of amides is 1. The van der Waals surface area contributed by atoms with Crippen LogP contribution >= 0.6 is 0 Å². The predicted octanol–water partition coefficient (Wildman–Crippen LogP) is 0.616. The third-order valence-corrected chi connectivity index (χ3v) is 3.21. The molecule has 0 aliphatic rings. The van der Waals surface area contributed by atoms with Gasteiger partial charge in [0.05, 0.1) is 12.1 Å². The minimum Gasteiger partial charge on any atom is -0.481 e. The Balaban J connectivity index is 3.04. The summed E-state index contributed by atoms with van der Waals surface area (Å²) in [6.45, 7) is 6.93. The molecule has 1 aromatic rings. The van der Waals surface area contributed by atoms with Crippen LogP contribution in [0.25, 0.3) is 0 Å². The van der Waals surface area contributed by atoms with E-state index in [0.29, 0.717) is 11.3 Å². The molecule has 0 aliphatic carbocycles. The molecule has 0 saturated heterocycles. The summed E-state index contributed by atoms with van der Waals surface area (Å²) in [6.07, 6.45) is -0.190. The average molecular weight is 281 g/mol. The summed E-state index contributed by atoms with van der Waals surface area (Å²) in [7, 11) is 0. The number of rotatable bonds is 5. The standard InChI is InChI=1S/C13H19N3O4/c1-6(2)9(5-10(17)18)14-12(19)11-7(3)8(4)15-16-13(11)20/h6,9H,5H2,1-4H3,(H,14,19)(H,16,20)(H,17,18). The summed E-state index contributed by atoms with van der Waals surface area (Å²) in [4.78, 5) is 34.7. The first-order valence-electron chi connectivity index (χ1n) is 6.32. The molecule has 20 heavy (non-hydrogen) atoms. The average Bonchev–Trinajstić information content (AvgIpc) is 2.33. The van der Waals surface area contributed by atoms with Crippen LogP contribution in [0.1, 0.15) is 41.9 Å². The fourth-order valence-electron chi connectivity index (χ4n) is 1.78. The van der Waals surface area contributed by atoms with Crippen LogP contribution < -0.4 is 10.9 Å². The smallest absolute Gasteiger partial charge is 0.305 e. The van der Waals surface area contributed by atoms with E-state index < -0.39 is 23.5 Å². The fourth-order valence-corrected chi connectivity index (χ4v) is 1.78. The minimum atomic E-state index is -0.999. The van der Waals surface area contributed by atoms with E-state index in [1.165, 1.54) is 0 Å². The Hall–Kier alpha value is -2.18. The van der Waals surface area contributed by atoms with Gasteiger partial charge in [0.15, 0.2) is 0 Å². The molecule has 1 atom stereocenters. The maximum absolute atomic E-state index is 12.2. The number of nitrogens with zero attached hydrogens (tertiary/aromatic N) is 1. The van der Waals surface area contributed by atoms with E-state index in [2.05, 4.69) is 15.5 Å². The minimum absolute atomic E-state index is 0.0199. The van der Waals surface area contributed by atoms with E-state index in [9.17, 15) is 14.4 Å². The number of carbonyl (C=O) groups is 2. The predicted molar refractivity (Wildman–Crippen MR) is 72.7 cm³/mol. The zero-order valence-corrected chi connectivity index (χ0v) is 12.0. The van der Waals surface area contributed by atoms with Gasteiger partial charge in [-0.15, -0.1) is 0 Å². The maximum atomic E-state index is 12.2. The second-order valence-electron chi connectivity index (χ2n) is 5.06. The Morgan fingerprint density at radius 1 is 1.35 bits per heavy atom. The first kappa shape index (κ1) is 15.9. The van der Waals surface area contributed by atoms with Crippen LogP contribution in [-0.4, -0.2) is 33.2 Å². The number of hydrogen-bond acceptors (Lipinski definition) is 4. The molecule has 3 N–H and O–H groups in total. The number of nitrogens with one attached hydrogen (secondary N) is 2. The first-order chi connectivity index (χ1) is 9.23. The Morgan fingerprint density at radius 2 is 1.95 bits per heavy atom. The number of aryl methyl sites for hydroxylation is 1. The molecule has 1 amide bonds. The Kier molecular flexibility index (Phi) is 5.01. The van der Waals surface area contributed by atoms with Gasteiger partial charge in [0.1, 0.15) is 5.56 Å². The van der Waals surface area contributed by atoms with Crippen LogP contribution in [-0.2, 0) is 4.79 Å². The summed E-state index contributed by atoms with van der Waals surface area (Å²) in [6, 6.07) is -0.535. The van der Waals surface area contributed by atoms with Gasteiger partial charge in [0, 0.05) is 6.04 Å². The van der Waals surface area contributed by atoms with Crippen molar-refractivity contribution < 1.29 is 14.7 Å². The molecule has 110 valence electrons. The molecule has 1 rings (SSSR count). The van der Waals surface area contributed by atoms with E-state index in [1.807, 2.05) is 13.8 Å². The number of hydrogen-bond donors (Lipinski definition) is 3. The molecule has 0 bridgehead atoms. The van der Waals surface area contributed by atoms with Gasteiger partial charge in [0.25, 0.3) is 11.5 Å². The molecule has 1 aromatic heterocycles. The second-order valence-corrected chi connectivity index (χ2v) is 5.06. The van der Waals surface area contributed by atoms with Crippen molar-refractivity contribution in [2.75, 3.05) is 0 Å². The van der Waals surface area contributed by atoms with Crippen molar-refractivity contribution in [3.8, 4) is 0 Å². The lowest BCUT2D eigenvalue weighted by molar-refractivity contribution is -0.137. The van der Waals surface area contributed by atoms with Crippen LogP contribution in [0.4, 0.5) is 0 Å². The molecular formula is C13H19N3O4. The van der Waals surface area contributed by atoms with Crippen LogP contribution in [0.15, 0.2) is 4.79 Å². The maximum Gasteiger partial charge on any atom is 0.305 e. The summed E-state index contributed by atoms with van der Waals surface area (Å²) >= 11 is 0. The summed E-state index contributed by atoms with van der Waals surface area (Å²) in [5, 5.41) is 17.5. The summed E-state index contributed by atoms with van der Waals surface area (Å²) in [5.41, 5.74) is 0.440. The Morgan fingerprint density at radius 3 is 2.45 bits per heavy atom. The van der Waals surface area contributed by atoms with Crippen molar-refractivity contribution in [1.82, 2.24) is 15.5 Å². The highest BCUT2D eigenvalue weighted by Gasteiger charge is 2.23. The Bertz CT molecular complexity index is 577. The van der Waals surface area contributed by atoms with E-state index >= 15 is 0 Å². The molecule has 0 aromatic carbocycles. The van der Waals surface area contributed by atoms with E-state index in [0.717, 1.165) is 0 Å². The van der Waals surface area contributed by atoms with Crippen LogP contribution in [0.5, 0.6) is 0 Å². The number of aromatic amines is 1. The largest absolute Gasteiger partial charge is 0.481 e. The second kappa shape index (κ2) is 6.31. The van der Waals surface area contributed by atoms with Gasteiger partial charge < -0.3 is 10.4 Å². The molecule has 0 spiro atoms. The van der Waals surface area contributed by atoms with E-state index in [-0.39, 0.29) is 17.9 Å². The van der Waals surface area contributed by atoms with E-state index in [1.54, 1.807) is 13.8 Å². The number of carbonyl (C=O) groups excluding carboxylic acids is 1. The van der Waals surface area contributed by atoms with Gasteiger partial charge in [-0.1, -0.05) is 13.8 Å². The highest BCUT2D eigenvalue weighted by molar-refractivity contribution is 5.95. The SMILES string of the molecule is Cc1n[nH]c(=O)c(C(=O)NC(CC(=O)O)C(C)C)c1C. The van der Waals surface area contributed by atoms with Crippen molar-refractivity contribution in [2.24, 2.45) is 5.92 Å². The van der Waals surface area contributed by atoms with E-state index in [4.69, 9.17) is 5.11 Å². The van der Waals surface area contributed by atoms with Gasteiger partial charge in [0.2, 0.25) is 0 Å². The van der Waals surface area contributed by atoms with Gasteiger partial charge in [-0.3, -0.25) is 14.4 Å².